The van der Waals surface area contributed by atoms with Gasteiger partial charge in [-0.05, 0) is 42.0 Å². The second-order valence-corrected chi connectivity index (χ2v) is 8.65. The lowest BCUT2D eigenvalue weighted by Crippen LogP contribution is -2.30. The fourth-order valence-electron chi connectivity index (χ4n) is 3.68. The fraction of sp³-hybridized carbons (Fsp3) is 0.160. The van der Waals surface area contributed by atoms with Crippen molar-refractivity contribution in [3.63, 3.8) is 0 Å². The smallest absolute Gasteiger partial charge is 0.435 e. The summed E-state index contributed by atoms with van der Waals surface area (Å²) in [6.07, 6.45) is -7.87. The van der Waals surface area contributed by atoms with Crippen molar-refractivity contribution in [1.82, 2.24) is 14.8 Å². The third-order valence-electron chi connectivity index (χ3n) is 5.55. The number of anilines is 1. The van der Waals surface area contributed by atoms with Crippen LogP contribution in [0, 0.1) is 0 Å². The van der Waals surface area contributed by atoms with Crippen molar-refractivity contribution in [3.05, 3.63) is 94.4 Å². The van der Waals surface area contributed by atoms with Crippen molar-refractivity contribution in [1.29, 1.82) is 0 Å². The quantitative estimate of drug-likeness (QED) is 0.278. The van der Waals surface area contributed by atoms with Crippen LogP contribution < -0.4 is 4.90 Å². The molecule has 0 spiro atoms. The van der Waals surface area contributed by atoms with E-state index < -0.39 is 35.3 Å². The molecule has 2 heterocycles. The van der Waals surface area contributed by atoms with Crippen LogP contribution in [0.3, 0.4) is 0 Å². The van der Waals surface area contributed by atoms with Gasteiger partial charge in [0.2, 0.25) is 0 Å². The van der Waals surface area contributed by atoms with Crippen LogP contribution in [0.25, 0.3) is 11.3 Å². The van der Waals surface area contributed by atoms with Crippen molar-refractivity contribution < 1.29 is 36.2 Å². The van der Waals surface area contributed by atoms with E-state index in [9.17, 15) is 36.2 Å². The first-order chi connectivity index (χ1) is 17.7. The zero-order chi connectivity index (χ0) is 27.8. The summed E-state index contributed by atoms with van der Waals surface area (Å²) >= 11 is 5.92. The van der Waals surface area contributed by atoms with E-state index in [4.69, 9.17) is 11.6 Å². The normalized spacial score (nSPS) is 12.0. The van der Waals surface area contributed by atoms with E-state index in [0.29, 0.717) is 22.8 Å². The van der Waals surface area contributed by atoms with Gasteiger partial charge >= 0.3 is 12.4 Å². The van der Waals surface area contributed by atoms with E-state index in [0.717, 1.165) is 27.9 Å². The Balaban J connectivity index is 1.76. The van der Waals surface area contributed by atoms with Gasteiger partial charge in [-0.2, -0.15) is 31.4 Å². The number of carbonyl (C=O) groups is 1. The average molecular weight is 555 g/mol. The number of aromatic hydroxyl groups is 1. The molecule has 38 heavy (non-hydrogen) atoms. The molecule has 198 valence electrons. The molecular weight excluding hydrogens is 538 g/mol. The first-order valence-corrected chi connectivity index (χ1v) is 11.1. The van der Waals surface area contributed by atoms with Gasteiger partial charge in [-0.25, -0.2) is 0 Å². The van der Waals surface area contributed by atoms with E-state index in [1.165, 1.54) is 19.2 Å². The maximum Gasteiger partial charge on any atom is 0.435 e. The monoisotopic (exact) mass is 554 g/mol. The third-order valence-corrected chi connectivity index (χ3v) is 5.80. The highest BCUT2D eigenvalue weighted by Gasteiger charge is 2.35. The molecule has 0 saturated carbocycles. The minimum absolute atomic E-state index is 0.00104. The number of rotatable bonds is 5. The predicted octanol–water partition coefficient (Wildman–Crippen LogP) is 6.73. The fourth-order valence-corrected chi connectivity index (χ4v) is 3.81. The number of alkyl halides is 6. The first-order valence-electron chi connectivity index (χ1n) is 10.8. The molecule has 1 amide bonds. The van der Waals surface area contributed by atoms with Gasteiger partial charge in [-0.15, -0.1) is 0 Å². The van der Waals surface area contributed by atoms with E-state index >= 15 is 0 Å². The van der Waals surface area contributed by atoms with Crippen molar-refractivity contribution in [2.24, 2.45) is 7.05 Å². The third kappa shape index (κ3) is 5.75. The Labute approximate surface area is 216 Å². The number of amides is 1. The second-order valence-electron chi connectivity index (χ2n) is 8.22. The topological polar surface area (TPSA) is 71.2 Å². The molecule has 0 radical (unpaired) electrons. The molecule has 2 aromatic carbocycles. The maximum absolute atomic E-state index is 13.4. The molecule has 0 saturated heterocycles. The molecule has 0 aliphatic rings. The lowest BCUT2D eigenvalue weighted by molar-refractivity contribution is -0.141. The number of hydrogen-bond acceptors (Lipinski definition) is 4. The summed E-state index contributed by atoms with van der Waals surface area (Å²) in [7, 11) is 1.27. The Morgan fingerprint density at radius 1 is 0.974 bits per heavy atom. The van der Waals surface area contributed by atoms with Crippen molar-refractivity contribution in [2.75, 3.05) is 4.90 Å². The number of hydrogen-bond donors (Lipinski definition) is 1. The Kier molecular flexibility index (Phi) is 7.11. The molecule has 0 aliphatic carbocycles. The van der Waals surface area contributed by atoms with Gasteiger partial charge in [0.15, 0.2) is 5.69 Å². The van der Waals surface area contributed by atoms with Gasteiger partial charge in [-0.1, -0.05) is 23.7 Å². The van der Waals surface area contributed by atoms with Crippen molar-refractivity contribution >= 4 is 23.2 Å². The molecular formula is C25H17ClF6N4O2. The number of halogens is 7. The van der Waals surface area contributed by atoms with Crippen LogP contribution in [0.15, 0.2) is 67.0 Å². The van der Waals surface area contributed by atoms with Crippen LogP contribution in [0.2, 0.25) is 5.02 Å². The summed E-state index contributed by atoms with van der Waals surface area (Å²) < 4.78 is 79.9. The van der Waals surface area contributed by atoms with E-state index in [2.05, 4.69) is 10.1 Å². The number of benzene rings is 2. The summed E-state index contributed by atoms with van der Waals surface area (Å²) in [6, 6.07) is 11.5. The molecule has 1 N–H and O–H groups in total. The highest BCUT2D eigenvalue weighted by molar-refractivity contribution is 6.30. The number of phenolic OH excluding ortho intramolecular Hbond substituents is 1. The predicted molar refractivity (Wildman–Crippen MR) is 127 cm³/mol. The standard InChI is InChI=1S/C25H17ClF6N4O2/c1-35-20(10-22(34-35)25(30,31)32)19-7-6-18(9-21(19)37)36(13-14-2-4-17(26)5-3-14)23(38)15-8-16(12-33-11-15)24(27,28)29/h2-12,37H,13H2,1H3. The van der Waals surface area contributed by atoms with E-state index in [-0.39, 0.29) is 29.1 Å². The lowest BCUT2D eigenvalue weighted by atomic mass is 10.1. The van der Waals surface area contributed by atoms with E-state index in [1.807, 2.05) is 0 Å². The van der Waals surface area contributed by atoms with E-state index in [1.54, 1.807) is 24.3 Å². The van der Waals surface area contributed by atoms with Gasteiger partial charge < -0.3 is 10.0 Å². The molecule has 13 heteroatoms. The summed E-state index contributed by atoms with van der Waals surface area (Å²) in [5, 5.41) is 14.5. The molecule has 4 rings (SSSR count). The molecule has 4 aromatic rings. The second kappa shape index (κ2) is 10.0. The average Bonchev–Trinajstić information content (AvgIpc) is 3.24. The van der Waals surface area contributed by atoms with Gasteiger partial charge in [0.25, 0.3) is 5.91 Å². The SMILES string of the molecule is Cn1nc(C(F)(F)F)cc1-c1ccc(N(Cc2ccc(Cl)cc2)C(=O)c2cncc(C(F)(F)F)c2)cc1O. The maximum atomic E-state index is 13.4. The lowest BCUT2D eigenvalue weighted by Gasteiger charge is -2.24. The largest absolute Gasteiger partial charge is 0.507 e. The zero-order valence-corrected chi connectivity index (χ0v) is 20.1. The molecule has 0 atom stereocenters. The van der Waals surface area contributed by atoms with Gasteiger partial charge in [0.1, 0.15) is 5.75 Å². The van der Waals surface area contributed by atoms with Crippen LogP contribution in [-0.2, 0) is 25.9 Å². The summed E-state index contributed by atoms with van der Waals surface area (Å²) in [5.41, 5.74) is -2.05. The number of phenols is 1. The van der Waals surface area contributed by atoms with Gasteiger partial charge in [-0.3, -0.25) is 14.5 Å². The zero-order valence-electron chi connectivity index (χ0n) is 19.3. The van der Waals surface area contributed by atoms with Gasteiger partial charge in [0.05, 0.1) is 23.4 Å². The Morgan fingerprint density at radius 3 is 2.24 bits per heavy atom. The summed E-state index contributed by atoms with van der Waals surface area (Å²) in [6.45, 7) is -0.130. The molecule has 0 fully saturated rings. The number of pyridine rings is 1. The first kappa shape index (κ1) is 27.0. The Hall–Kier alpha value is -4.06. The number of aryl methyl sites for hydroxylation is 1. The highest BCUT2D eigenvalue weighted by Crippen LogP contribution is 2.37. The number of carbonyl (C=O) groups excluding carboxylic acids is 1. The Morgan fingerprint density at radius 2 is 1.66 bits per heavy atom. The highest BCUT2D eigenvalue weighted by atomic mass is 35.5. The number of aromatic nitrogens is 3. The number of nitrogens with zero attached hydrogens (tertiary/aromatic N) is 4. The van der Waals surface area contributed by atoms with Crippen LogP contribution in [0.1, 0.15) is 27.2 Å². The van der Waals surface area contributed by atoms with Crippen LogP contribution in [-0.4, -0.2) is 25.8 Å². The minimum atomic E-state index is -4.73. The molecule has 2 aromatic heterocycles. The molecule has 0 aliphatic heterocycles. The van der Waals surface area contributed by atoms with Gasteiger partial charge in [0, 0.05) is 41.8 Å². The molecule has 0 bridgehead atoms. The van der Waals surface area contributed by atoms with Crippen molar-refractivity contribution in [3.8, 4) is 17.0 Å². The minimum Gasteiger partial charge on any atom is -0.507 e. The van der Waals surface area contributed by atoms with Crippen molar-refractivity contribution in [2.45, 2.75) is 18.9 Å². The summed E-state index contributed by atoms with van der Waals surface area (Å²) in [5.74, 6) is -1.33. The van der Waals surface area contributed by atoms with Crippen LogP contribution in [0.5, 0.6) is 5.75 Å². The Bertz CT molecular complexity index is 1480. The van der Waals surface area contributed by atoms with Crippen LogP contribution >= 0.6 is 11.6 Å². The molecule has 6 nitrogen and oxygen atoms in total. The molecule has 0 unspecified atom stereocenters. The summed E-state index contributed by atoms with van der Waals surface area (Å²) in [4.78, 5) is 18.0. The van der Waals surface area contributed by atoms with Crippen LogP contribution in [0.4, 0.5) is 32.0 Å².